The summed E-state index contributed by atoms with van der Waals surface area (Å²) in [5, 5.41) is 2.81. The van der Waals surface area contributed by atoms with E-state index < -0.39 is 11.6 Å². The molecule has 3 amide bonds. The van der Waals surface area contributed by atoms with E-state index in [4.69, 9.17) is 14.2 Å². The van der Waals surface area contributed by atoms with Gasteiger partial charge in [0.05, 0.1) is 13.2 Å². The van der Waals surface area contributed by atoms with Crippen LogP contribution in [-0.2, 0) is 16.9 Å². The lowest BCUT2D eigenvalue weighted by Crippen LogP contribution is -2.40. The van der Waals surface area contributed by atoms with Gasteiger partial charge in [0.1, 0.15) is 11.3 Å². The zero-order valence-electron chi connectivity index (χ0n) is 15.2. The summed E-state index contributed by atoms with van der Waals surface area (Å²) in [5.41, 5.74) is 0.252. The number of carbonyl (C=O) groups is 2. The van der Waals surface area contributed by atoms with Crippen LogP contribution in [0.5, 0.6) is 17.2 Å². The molecule has 1 fully saturated rings. The molecule has 1 N–H and O–H groups in total. The lowest BCUT2D eigenvalue weighted by Gasteiger charge is -2.22. The molecule has 2 heterocycles. The van der Waals surface area contributed by atoms with Crippen LogP contribution in [0.3, 0.4) is 0 Å². The number of ether oxygens (including phenoxy) is 3. The van der Waals surface area contributed by atoms with Gasteiger partial charge in [-0.15, -0.1) is 0 Å². The average molecular weight is 368 g/mol. The normalized spacial score (nSPS) is 20.7. The van der Waals surface area contributed by atoms with Gasteiger partial charge in [-0.2, -0.15) is 0 Å². The molecule has 7 nitrogen and oxygen atoms in total. The van der Waals surface area contributed by atoms with Gasteiger partial charge in [-0.25, -0.2) is 4.79 Å². The van der Waals surface area contributed by atoms with Gasteiger partial charge in [0, 0.05) is 5.56 Å². The lowest BCUT2D eigenvalue weighted by atomic mass is 9.91. The molecule has 0 bridgehead atoms. The van der Waals surface area contributed by atoms with Crippen LogP contribution >= 0.6 is 0 Å². The van der Waals surface area contributed by atoms with Crippen molar-refractivity contribution in [3.8, 4) is 17.2 Å². The molecule has 0 unspecified atom stereocenters. The van der Waals surface area contributed by atoms with E-state index in [9.17, 15) is 9.59 Å². The van der Waals surface area contributed by atoms with Crippen LogP contribution < -0.4 is 19.5 Å². The molecule has 1 saturated heterocycles. The number of urea groups is 1. The number of para-hydroxylation sites is 1. The van der Waals surface area contributed by atoms with E-state index in [-0.39, 0.29) is 19.2 Å². The summed E-state index contributed by atoms with van der Waals surface area (Å²) >= 11 is 0. The van der Waals surface area contributed by atoms with Crippen LogP contribution in [0.4, 0.5) is 4.79 Å². The van der Waals surface area contributed by atoms with Crippen molar-refractivity contribution in [2.75, 3.05) is 13.4 Å². The first-order valence-electron chi connectivity index (χ1n) is 8.78. The van der Waals surface area contributed by atoms with Crippen LogP contribution in [0.25, 0.3) is 0 Å². The van der Waals surface area contributed by atoms with Gasteiger partial charge in [0.15, 0.2) is 11.5 Å². The van der Waals surface area contributed by atoms with Crippen molar-refractivity contribution in [3.05, 3.63) is 53.6 Å². The molecule has 2 aliphatic heterocycles. The monoisotopic (exact) mass is 368 g/mol. The fourth-order valence-electron chi connectivity index (χ4n) is 3.34. The second-order valence-electron chi connectivity index (χ2n) is 6.56. The molecule has 2 aliphatic rings. The van der Waals surface area contributed by atoms with E-state index in [0.29, 0.717) is 29.4 Å². The van der Waals surface area contributed by atoms with Gasteiger partial charge in [-0.05, 0) is 37.6 Å². The van der Waals surface area contributed by atoms with E-state index >= 15 is 0 Å². The van der Waals surface area contributed by atoms with Gasteiger partial charge < -0.3 is 19.5 Å². The quantitative estimate of drug-likeness (QED) is 0.821. The van der Waals surface area contributed by atoms with Gasteiger partial charge in [0.2, 0.25) is 6.79 Å². The second-order valence-corrected chi connectivity index (χ2v) is 6.56. The van der Waals surface area contributed by atoms with Gasteiger partial charge >= 0.3 is 6.03 Å². The molecule has 0 saturated carbocycles. The van der Waals surface area contributed by atoms with E-state index in [0.717, 1.165) is 5.56 Å². The Kier molecular flexibility index (Phi) is 4.14. The summed E-state index contributed by atoms with van der Waals surface area (Å²) < 4.78 is 16.3. The van der Waals surface area contributed by atoms with Crippen molar-refractivity contribution >= 4 is 11.9 Å². The summed E-state index contributed by atoms with van der Waals surface area (Å²) in [6.07, 6.45) is 0. The van der Waals surface area contributed by atoms with Crippen molar-refractivity contribution < 1.29 is 23.8 Å². The van der Waals surface area contributed by atoms with E-state index in [1.54, 1.807) is 25.1 Å². The third kappa shape index (κ3) is 2.85. The summed E-state index contributed by atoms with van der Waals surface area (Å²) in [6, 6.07) is 12.2. The van der Waals surface area contributed by atoms with Crippen LogP contribution in [0.2, 0.25) is 0 Å². The molecule has 140 valence electrons. The zero-order chi connectivity index (χ0) is 19.0. The van der Waals surface area contributed by atoms with Crippen molar-refractivity contribution in [1.29, 1.82) is 0 Å². The molecule has 27 heavy (non-hydrogen) atoms. The zero-order valence-corrected chi connectivity index (χ0v) is 15.2. The van der Waals surface area contributed by atoms with Gasteiger partial charge in [-0.1, -0.05) is 24.3 Å². The number of hydrogen-bond acceptors (Lipinski definition) is 5. The number of imide groups is 1. The number of carbonyl (C=O) groups excluding carboxylic acids is 2. The maximum absolute atomic E-state index is 13.1. The Bertz CT molecular complexity index is 913. The first kappa shape index (κ1) is 17.2. The molecule has 7 heteroatoms. The number of nitrogens with zero attached hydrogens (tertiary/aromatic N) is 1. The first-order chi connectivity index (χ1) is 13.0. The average Bonchev–Trinajstić information content (AvgIpc) is 3.22. The van der Waals surface area contributed by atoms with Crippen LogP contribution in [0, 0.1) is 0 Å². The molecular weight excluding hydrogens is 348 g/mol. The number of nitrogens with one attached hydrogen (secondary N) is 1. The highest BCUT2D eigenvalue weighted by Gasteiger charge is 2.49. The highest BCUT2D eigenvalue weighted by molar-refractivity contribution is 6.07. The number of fused-ring (bicyclic) bond motifs is 1. The largest absolute Gasteiger partial charge is 0.494 e. The molecule has 1 atom stereocenters. The third-order valence-electron chi connectivity index (χ3n) is 4.83. The maximum atomic E-state index is 13.1. The van der Waals surface area contributed by atoms with Crippen LogP contribution in [0.1, 0.15) is 25.0 Å². The predicted molar refractivity (Wildman–Crippen MR) is 96.6 cm³/mol. The Morgan fingerprint density at radius 2 is 1.93 bits per heavy atom. The third-order valence-corrected chi connectivity index (χ3v) is 4.83. The fraction of sp³-hybridized carbons (Fsp3) is 0.300. The standard InChI is InChI=1S/C20H20N2O5/c1-3-25-15-7-5-4-6-13(15)11-22-18(23)20(2,21-19(22)24)14-8-9-16-17(10-14)27-12-26-16/h4-10H,3,11-12H2,1-2H3,(H,21,24)/t20-/m1/s1. The fourth-order valence-corrected chi connectivity index (χ4v) is 3.34. The van der Waals surface area contributed by atoms with E-state index in [1.807, 2.05) is 31.2 Å². The minimum absolute atomic E-state index is 0.140. The number of rotatable bonds is 5. The molecule has 2 aromatic carbocycles. The van der Waals surface area contributed by atoms with E-state index in [2.05, 4.69) is 5.32 Å². The molecule has 4 rings (SSSR count). The lowest BCUT2D eigenvalue weighted by molar-refractivity contribution is -0.131. The number of benzene rings is 2. The molecule has 2 aromatic rings. The Labute approximate surface area is 156 Å². The summed E-state index contributed by atoms with van der Waals surface area (Å²) in [5.74, 6) is 1.53. The van der Waals surface area contributed by atoms with Crippen molar-refractivity contribution in [2.45, 2.75) is 25.9 Å². The highest BCUT2D eigenvalue weighted by atomic mass is 16.7. The molecular formula is C20H20N2O5. The molecule has 0 spiro atoms. The van der Waals surface area contributed by atoms with E-state index in [1.165, 1.54) is 4.90 Å². The summed E-state index contributed by atoms with van der Waals surface area (Å²) in [7, 11) is 0. The molecule has 0 aromatic heterocycles. The Balaban J connectivity index is 1.62. The SMILES string of the molecule is CCOc1ccccc1CN1C(=O)N[C@](C)(c2ccc3c(c2)OCO3)C1=O. The minimum Gasteiger partial charge on any atom is -0.494 e. The smallest absolute Gasteiger partial charge is 0.325 e. The van der Waals surface area contributed by atoms with Crippen molar-refractivity contribution in [1.82, 2.24) is 10.2 Å². The second kappa shape index (κ2) is 6.50. The number of hydrogen-bond donors (Lipinski definition) is 1. The molecule has 0 aliphatic carbocycles. The highest BCUT2D eigenvalue weighted by Crippen LogP contribution is 2.38. The Morgan fingerprint density at radius 3 is 2.74 bits per heavy atom. The topological polar surface area (TPSA) is 77.1 Å². The van der Waals surface area contributed by atoms with Gasteiger partial charge in [0.25, 0.3) is 5.91 Å². The minimum atomic E-state index is -1.17. The Morgan fingerprint density at radius 1 is 1.15 bits per heavy atom. The van der Waals surface area contributed by atoms with Crippen LogP contribution in [-0.4, -0.2) is 30.2 Å². The summed E-state index contributed by atoms with van der Waals surface area (Å²) in [4.78, 5) is 26.9. The predicted octanol–water partition coefficient (Wildman–Crippen LogP) is 2.78. The Hall–Kier alpha value is -3.22. The molecule has 0 radical (unpaired) electrons. The van der Waals surface area contributed by atoms with Crippen LogP contribution in [0.15, 0.2) is 42.5 Å². The first-order valence-corrected chi connectivity index (χ1v) is 8.78. The van der Waals surface area contributed by atoms with Crippen molar-refractivity contribution in [2.24, 2.45) is 0 Å². The summed E-state index contributed by atoms with van der Waals surface area (Å²) in [6.45, 7) is 4.38. The number of amides is 3. The maximum Gasteiger partial charge on any atom is 0.325 e. The van der Waals surface area contributed by atoms with Crippen molar-refractivity contribution in [3.63, 3.8) is 0 Å². The van der Waals surface area contributed by atoms with Gasteiger partial charge in [-0.3, -0.25) is 9.69 Å².